The Morgan fingerprint density at radius 2 is 1.33 bits per heavy atom. The number of nitrogens with zero attached hydrogens (tertiary/aromatic N) is 1. The summed E-state index contributed by atoms with van der Waals surface area (Å²) in [5, 5.41) is 23.5. The van der Waals surface area contributed by atoms with E-state index in [4.69, 9.17) is 9.05 Å². The molecule has 0 aromatic carbocycles. The number of amides is 1. The summed E-state index contributed by atoms with van der Waals surface area (Å²) in [5.41, 5.74) is 0. The molecule has 9 nitrogen and oxygen atoms in total. The van der Waals surface area contributed by atoms with Gasteiger partial charge in [0.15, 0.2) is 0 Å². The van der Waals surface area contributed by atoms with Crippen LogP contribution in [-0.2, 0) is 18.4 Å². The SMILES string of the molecule is CC/C=C\C(O)C/C=C/C=C\C/C=C\C/C=C\CCCC(=O)N[C@@H](COP(=O)(O)OCC[N+](C)(C)C)[C@H](O)/C=C/CCCCCCCCCCCC. The second-order valence-corrected chi connectivity index (χ2v) is 15.9. The van der Waals surface area contributed by atoms with Gasteiger partial charge < -0.3 is 24.9 Å². The van der Waals surface area contributed by atoms with E-state index in [-0.39, 0.29) is 25.5 Å². The van der Waals surface area contributed by atoms with E-state index < -0.39 is 26.1 Å². The highest BCUT2D eigenvalue weighted by molar-refractivity contribution is 7.47. The van der Waals surface area contributed by atoms with E-state index in [0.717, 1.165) is 44.9 Å². The van der Waals surface area contributed by atoms with Crippen molar-refractivity contribution in [3.8, 4) is 0 Å². The first-order valence-electron chi connectivity index (χ1n) is 19.9. The van der Waals surface area contributed by atoms with Crippen molar-refractivity contribution in [2.45, 2.75) is 148 Å². The van der Waals surface area contributed by atoms with Crippen LogP contribution in [0.4, 0.5) is 0 Å². The smallest absolute Gasteiger partial charge is 0.389 e. The number of allylic oxidation sites excluding steroid dienone is 9. The largest absolute Gasteiger partial charge is 0.472 e. The van der Waals surface area contributed by atoms with Crippen molar-refractivity contribution >= 4 is 13.7 Å². The lowest BCUT2D eigenvalue weighted by molar-refractivity contribution is -0.870. The zero-order chi connectivity index (χ0) is 38.8. The minimum Gasteiger partial charge on any atom is -0.389 e. The van der Waals surface area contributed by atoms with Crippen LogP contribution in [0.2, 0.25) is 0 Å². The number of hydrogen-bond donors (Lipinski definition) is 4. The predicted octanol–water partition coefficient (Wildman–Crippen LogP) is 9.43. The lowest BCUT2D eigenvalue weighted by Gasteiger charge is -2.25. The van der Waals surface area contributed by atoms with E-state index in [1.165, 1.54) is 51.4 Å². The minimum absolute atomic E-state index is 0.0393. The maximum atomic E-state index is 12.8. The molecule has 0 aromatic rings. The van der Waals surface area contributed by atoms with Gasteiger partial charge in [-0.1, -0.05) is 145 Å². The fraction of sp³-hybridized carbons (Fsp3) is 0.690. The number of carbonyl (C=O) groups is 1. The van der Waals surface area contributed by atoms with Gasteiger partial charge in [0.2, 0.25) is 5.91 Å². The Hall–Kier alpha value is -2.10. The van der Waals surface area contributed by atoms with Gasteiger partial charge in [0.25, 0.3) is 0 Å². The van der Waals surface area contributed by atoms with Crippen LogP contribution in [0.25, 0.3) is 0 Å². The molecule has 300 valence electrons. The fourth-order valence-electron chi connectivity index (χ4n) is 5.04. The number of aliphatic hydroxyl groups is 2. The molecule has 4 atom stereocenters. The molecule has 0 spiro atoms. The Morgan fingerprint density at radius 1 is 0.731 bits per heavy atom. The van der Waals surface area contributed by atoms with Crippen LogP contribution in [0, 0.1) is 0 Å². The highest BCUT2D eigenvalue weighted by Crippen LogP contribution is 2.43. The Labute approximate surface area is 317 Å². The maximum Gasteiger partial charge on any atom is 0.472 e. The standard InChI is InChI=1S/C42H75N2O7P/c1-6-8-10-11-12-13-14-18-21-24-27-30-34-41(46)40(38-51-52(48,49)50-37-36-44(3,4)5)43-42(47)35-31-28-25-22-19-16-15-17-20-23-26-29-33-39(45)32-9-7-2/h9,15-16,20,22-23,25-26,29-30,32,34,39-41,45-46H,6-8,10-14,17-19,21,24,27-28,31,33,35-38H2,1-5H3,(H-,43,47,48,49)/p+1/b16-15-,23-20-,25-22-,29-26+,32-9-,34-30+/t39?,40-,41+/m0/s1. The molecule has 0 aliphatic carbocycles. The van der Waals surface area contributed by atoms with Gasteiger partial charge in [-0.3, -0.25) is 13.8 Å². The minimum atomic E-state index is -4.36. The first-order valence-corrected chi connectivity index (χ1v) is 21.4. The van der Waals surface area contributed by atoms with Gasteiger partial charge in [-0.05, 0) is 51.4 Å². The molecule has 0 fully saturated rings. The molecule has 0 aliphatic heterocycles. The first-order chi connectivity index (χ1) is 24.9. The van der Waals surface area contributed by atoms with Crippen LogP contribution in [0.15, 0.2) is 72.9 Å². The topological polar surface area (TPSA) is 125 Å². The molecule has 0 rings (SSSR count). The lowest BCUT2D eigenvalue weighted by Crippen LogP contribution is -2.45. The predicted molar refractivity (Wildman–Crippen MR) is 218 cm³/mol. The summed E-state index contributed by atoms with van der Waals surface area (Å²) >= 11 is 0. The number of aliphatic hydroxyl groups excluding tert-OH is 2. The zero-order valence-electron chi connectivity index (χ0n) is 33.4. The van der Waals surface area contributed by atoms with Gasteiger partial charge in [-0.2, -0.15) is 0 Å². The third kappa shape index (κ3) is 35.0. The fourth-order valence-corrected chi connectivity index (χ4v) is 5.77. The van der Waals surface area contributed by atoms with Crippen LogP contribution < -0.4 is 5.32 Å². The van der Waals surface area contributed by atoms with E-state index in [1.807, 2.05) is 64.5 Å². The first kappa shape index (κ1) is 49.9. The summed E-state index contributed by atoms with van der Waals surface area (Å²) in [6.45, 7) is 4.48. The van der Waals surface area contributed by atoms with E-state index in [1.54, 1.807) is 6.08 Å². The zero-order valence-corrected chi connectivity index (χ0v) is 34.3. The van der Waals surface area contributed by atoms with E-state index in [2.05, 4.69) is 42.6 Å². The van der Waals surface area contributed by atoms with Crippen molar-refractivity contribution in [1.29, 1.82) is 0 Å². The van der Waals surface area contributed by atoms with Gasteiger partial charge in [-0.25, -0.2) is 4.57 Å². The number of hydrogen-bond acceptors (Lipinski definition) is 6. The molecule has 0 heterocycles. The van der Waals surface area contributed by atoms with Crippen molar-refractivity contribution in [2.24, 2.45) is 0 Å². The summed E-state index contributed by atoms with van der Waals surface area (Å²) in [4.78, 5) is 23.0. The van der Waals surface area contributed by atoms with Gasteiger partial charge in [0, 0.05) is 6.42 Å². The van der Waals surface area contributed by atoms with Crippen LogP contribution >= 0.6 is 7.82 Å². The molecule has 0 saturated carbocycles. The number of quaternary nitrogens is 1. The highest BCUT2D eigenvalue weighted by Gasteiger charge is 2.27. The number of nitrogens with one attached hydrogen (secondary N) is 1. The Morgan fingerprint density at radius 3 is 1.98 bits per heavy atom. The molecule has 10 heteroatoms. The lowest BCUT2D eigenvalue weighted by atomic mass is 10.1. The molecule has 4 N–H and O–H groups in total. The molecule has 0 aliphatic rings. The maximum absolute atomic E-state index is 12.8. The van der Waals surface area contributed by atoms with E-state index in [0.29, 0.717) is 23.9 Å². The second kappa shape index (κ2) is 33.5. The molecule has 0 saturated heterocycles. The van der Waals surface area contributed by atoms with Gasteiger partial charge in [0.1, 0.15) is 13.2 Å². The number of phosphoric acid groups is 1. The molecule has 0 aromatic heterocycles. The third-order valence-electron chi connectivity index (χ3n) is 8.26. The quantitative estimate of drug-likeness (QED) is 0.0170. The van der Waals surface area contributed by atoms with Crippen LogP contribution in [0.3, 0.4) is 0 Å². The number of phosphoric ester groups is 1. The van der Waals surface area contributed by atoms with Crippen molar-refractivity contribution < 1.29 is 38.0 Å². The van der Waals surface area contributed by atoms with Gasteiger partial charge in [0.05, 0.1) is 46.0 Å². The Balaban J connectivity index is 4.66. The molecule has 1 amide bonds. The Kier molecular flexibility index (Phi) is 32.1. The summed E-state index contributed by atoms with van der Waals surface area (Å²) in [6, 6.07) is -0.890. The normalized spacial score (nSPS) is 15.9. The number of unbranched alkanes of at least 4 members (excludes halogenated alkanes) is 11. The number of carbonyl (C=O) groups excluding carboxylic acids is 1. The summed E-state index contributed by atoms with van der Waals surface area (Å²) in [6.07, 6.45) is 40.3. The van der Waals surface area contributed by atoms with Crippen molar-refractivity contribution in [1.82, 2.24) is 5.32 Å². The van der Waals surface area contributed by atoms with Crippen molar-refractivity contribution in [2.75, 3.05) is 40.9 Å². The van der Waals surface area contributed by atoms with E-state index >= 15 is 0 Å². The average Bonchev–Trinajstić information content (AvgIpc) is 3.08. The molecular formula is C42H76N2O7P+. The molecular weight excluding hydrogens is 675 g/mol. The van der Waals surface area contributed by atoms with Crippen LogP contribution in [-0.4, -0.2) is 84.6 Å². The van der Waals surface area contributed by atoms with Gasteiger partial charge >= 0.3 is 7.82 Å². The van der Waals surface area contributed by atoms with Crippen LogP contribution in [0.1, 0.15) is 129 Å². The summed E-state index contributed by atoms with van der Waals surface area (Å²) in [7, 11) is 1.49. The molecule has 0 radical (unpaired) electrons. The van der Waals surface area contributed by atoms with E-state index in [9.17, 15) is 24.5 Å². The molecule has 2 unspecified atom stereocenters. The third-order valence-corrected chi connectivity index (χ3v) is 9.24. The van der Waals surface area contributed by atoms with Crippen molar-refractivity contribution in [3.05, 3.63) is 72.9 Å². The summed E-state index contributed by atoms with van der Waals surface area (Å²) < 4.78 is 23.4. The summed E-state index contributed by atoms with van der Waals surface area (Å²) in [5.74, 6) is -0.254. The Bertz CT molecular complexity index is 1090. The molecule has 52 heavy (non-hydrogen) atoms. The van der Waals surface area contributed by atoms with Gasteiger partial charge in [-0.15, -0.1) is 0 Å². The second-order valence-electron chi connectivity index (χ2n) is 14.5. The van der Waals surface area contributed by atoms with Crippen molar-refractivity contribution in [3.63, 3.8) is 0 Å². The number of rotatable bonds is 34. The van der Waals surface area contributed by atoms with Crippen LogP contribution in [0.5, 0.6) is 0 Å². The average molecular weight is 752 g/mol. The molecule has 0 bridgehead atoms. The highest BCUT2D eigenvalue weighted by atomic mass is 31.2. The number of likely N-dealkylation sites (N-methyl/N-ethyl adjacent to an activating group) is 1. The monoisotopic (exact) mass is 752 g/mol.